The summed E-state index contributed by atoms with van der Waals surface area (Å²) in [6.45, 7) is 0. The topological polar surface area (TPSA) is 141 Å². The van der Waals surface area contributed by atoms with Crippen LogP contribution >= 0.6 is 15.9 Å². The molecule has 118 valence electrons. The molecule has 1 N–H and O–H groups in total. The van der Waals surface area contributed by atoms with E-state index in [1.807, 2.05) is 0 Å². The highest BCUT2D eigenvalue weighted by Crippen LogP contribution is 2.22. The van der Waals surface area contributed by atoms with Crippen LogP contribution < -0.4 is 5.43 Å². The summed E-state index contributed by atoms with van der Waals surface area (Å²) in [6.07, 6.45) is 1.20. The minimum atomic E-state index is -0.835. The Morgan fingerprint density at radius 1 is 1.17 bits per heavy atom. The number of amides is 1. The highest BCUT2D eigenvalue weighted by atomic mass is 79.9. The number of carbonyl (C=O) groups is 1. The summed E-state index contributed by atoms with van der Waals surface area (Å²) in [6, 6.07) is 5.80. The maximum absolute atomic E-state index is 11.9. The number of hydrazone groups is 1. The Kier molecular flexibility index (Phi) is 4.81. The highest BCUT2D eigenvalue weighted by Gasteiger charge is 2.19. The van der Waals surface area contributed by atoms with E-state index in [2.05, 4.69) is 26.5 Å². The van der Waals surface area contributed by atoms with Gasteiger partial charge < -0.3 is 4.42 Å². The predicted molar refractivity (Wildman–Crippen MR) is 81.2 cm³/mol. The minimum absolute atomic E-state index is 0.260. The fourth-order valence-electron chi connectivity index (χ4n) is 1.55. The van der Waals surface area contributed by atoms with Crippen LogP contribution in [-0.2, 0) is 0 Å². The number of non-ortho nitro benzene ring substituents is 2. The lowest BCUT2D eigenvalue weighted by atomic mass is 10.1. The Hall–Kier alpha value is -3.08. The Labute approximate surface area is 136 Å². The largest absolute Gasteiger partial charge is 0.448 e. The summed E-state index contributed by atoms with van der Waals surface area (Å²) in [4.78, 5) is 31.7. The van der Waals surface area contributed by atoms with Crippen LogP contribution in [0, 0.1) is 20.2 Å². The van der Waals surface area contributed by atoms with E-state index in [0.29, 0.717) is 10.4 Å². The number of nitro groups is 2. The second-order valence-electron chi connectivity index (χ2n) is 4.09. The van der Waals surface area contributed by atoms with Gasteiger partial charge in [-0.3, -0.25) is 25.0 Å². The third kappa shape index (κ3) is 4.20. The van der Waals surface area contributed by atoms with Crippen molar-refractivity contribution in [3.63, 3.8) is 0 Å². The Morgan fingerprint density at radius 3 is 2.26 bits per heavy atom. The van der Waals surface area contributed by atoms with Crippen molar-refractivity contribution >= 4 is 39.4 Å². The number of halogens is 1. The summed E-state index contributed by atoms with van der Waals surface area (Å²) in [5.41, 5.74) is 0.706. The molecule has 0 aliphatic heterocycles. The fourth-order valence-corrected chi connectivity index (χ4v) is 1.87. The lowest BCUT2D eigenvalue weighted by Gasteiger charge is -2.00. The van der Waals surface area contributed by atoms with Gasteiger partial charge in [0.2, 0.25) is 0 Å². The van der Waals surface area contributed by atoms with Crippen molar-refractivity contribution in [3.8, 4) is 0 Å². The van der Waals surface area contributed by atoms with Crippen molar-refractivity contribution in [1.82, 2.24) is 5.43 Å². The first-order valence-electron chi connectivity index (χ1n) is 5.89. The molecule has 1 aromatic carbocycles. The Bertz CT molecular complexity index is 783. The monoisotopic (exact) mass is 382 g/mol. The summed E-state index contributed by atoms with van der Waals surface area (Å²) in [7, 11) is 0. The third-order valence-corrected chi connectivity index (χ3v) is 2.96. The lowest BCUT2D eigenvalue weighted by molar-refractivity contribution is -0.394. The molecule has 0 aliphatic rings. The van der Waals surface area contributed by atoms with Crippen LogP contribution in [0.5, 0.6) is 0 Å². The van der Waals surface area contributed by atoms with Crippen LogP contribution in [0.15, 0.2) is 44.5 Å². The lowest BCUT2D eigenvalue weighted by Crippen LogP contribution is -2.18. The predicted octanol–water partition coefficient (Wildman–Crippen LogP) is 2.62. The summed E-state index contributed by atoms with van der Waals surface area (Å²) in [5.74, 6) is -0.485. The SMILES string of the molecule is O=C(N/N=C/c1ccc(Br)o1)c1cc([N+](=O)[O-])cc([N+](=O)[O-])c1. The highest BCUT2D eigenvalue weighted by molar-refractivity contribution is 9.10. The molecule has 23 heavy (non-hydrogen) atoms. The number of nitrogens with zero attached hydrogens (tertiary/aromatic N) is 3. The van der Waals surface area contributed by atoms with Gasteiger partial charge in [0, 0.05) is 12.1 Å². The maximum atomic E-state index is 11.9. The fraction of sp³-hybridized carbons (Fsp3) is 0. The second kappa shape index (κ2) is 6.79. The first kappa shape index (κ1) is 16.3. The molecule has 0 atom stereocenters. The molecule has 1 heterocycles. The third-order valence-electron chi connectivity index (χ3n) is 2.54. The molecule has 0 saturated heterocycles. The summed E-state index contributed by atoms with van der Waals surface area (Å²) >= 11 is 3.09. The van der Waals surface area contributed by atoms with Gasteiger partial charge in [0.1, 0.15) is 5.76 Å². The molecule has 0 aliphatic carbocycles. The van der Waals surface area contributed by atoms with Gasteiger partial charge in [-0.1, -0.05) is 0 Å². The average Bonchev–Trinajstić information content (AvgIpc) is 2.92. The van der Waals surface area contributed by atoms with E-state index in [1.165, 1.54) is 6.21 Å². The van der Waals surface area contributed by atoms with Gasteiger partial charge >= 0.3 is 0 Å². The van der Waals surface area contributed by atoms with Gasteiger partial charge in [-0.15, -0.1) is 0 Å². The van der Waals surface area contributed by atoms with Crippen molar-refractivity contribution in [1.29, 1.82) is 0 Å². The molecule has 2 aromatic rings. The maximum Gasteiger partial charge on any atom is 0.277 e. The van der Waals surface area contributed by atoms with Gasteiger partial charge in [0.25, 0.3) is 17.3 Å². The normalized spacial score (nSPS) is 10.7. The van der Waals surface area contributed by atoms with Crippen LogP contribution in [0.25, 0.3) is 0 Å². The standard InChI is InChI=1S/C12H7BrN4O6/c13-11-2-1-10(23-11)6-14-15-12(18)7-3-8(16(19)20)5-9(4-7)17(21)22/h1-6H,(H,15,18)/b14-6+. The summed E-state index contributed by atoms with van der Waals surface area (Å²) in [5, 5.41) is 25.1. The zero-order chi connectivity index (χ0) is 17.0. The summed E-state index contributed by atoms with van der Waals surface area (Å²) < 4.78 is 5.58. The molecule has 10 nitrogen and oxygen atoms in total. The van der Waals surface area contributed by atoms with E-state index >= 15 is 0 Å². The van der Waals surface area contributed by atoms with E-state index in [4.69, 9.17) is 4.42 Å². The van der Waals surface area contributed by atoms with Crippen LogP contribution in [0.2, 0.25) is 0 Å². The van der Waals surface area contributed by atoms with Crippen LogP contribution in [0.1, 0.15) is 16.1 Å². The van der Waals surface area contributed by atoms with E-state index in [0.717, 1.165) is 18.2 Å². The molecular weight excluding hydrogens is 376 g/mol. The smallest absolute Gasteiger partial charge is 0.277 e. The molecule has 11 heteroatoms. The van der Waals surface area contributed by atoms with Gasteiger partial charge in [-0.05, 0) is 28.1 Å². The number of nitro benzene ring substituents is 2. The molecule has 2 rings (SSSR count). The van der Waals surface area contributed by atoms with Crippen LogP contribution in [-0.4, -0.2) is 22.0 Å². The van der Waals surface area contributed by atoms with Gasteiger partial charge in [0.15, 0.2) is 4.67 Å². The molecule has 1 amide bonds. The number of carbonyl (C=O) groups excluding carboxylic acids is 1. The van der Waals surface area contributed by atoms with Crippen LogP contribution in [0.4, 0.5) is 11.4 Å². The number of rotatable bonds is 5. The van der Waals surface area contributed by atoms with E-state index in [9.17, 15) is 25.0 Å². The molecule has 0 bridgehead atoms. The Balaban J connectivity index is 2.19. The van der Waals surface area contributed by atoms with Crippen LogP contribution in [0.3, 0.4) is 0 Å². The van der Waals surface area contributed by atoms with Gasteiger partial charge in [-0.2, -0.15) is 5.10 Å². The number of furan rings is 1. The molecule has 1 aromatic heterocycles. The number of nitrogens with one attached hydrogen (secondary N) is 1. The van der Waals surface area contributed by atoms with Gasteiger partial charge in [0.05, 0.1) is 27.7 Å². The number of hydrogen-bond acceptors (Lipinski definition) is 7. The number of hydrogen-bond donors (Lipinski definition) is 1. The minimum Gasteiger partial charge on any atom is -0.448 e. The van der Waals surface area contributed by atoms with Crippen molar-refractivity contribution in [2.24, 2.45) is 5.10 Å². The van der Waals surface area contributed by atoms with Gasteiger partial charge in [-0.25, -0.2) is 5.43 Å². The second-order valence-corrected chi connectivity index (χ2v) is 4.87. The van der Waals surface area contributed by atoms with Crippen molar-refractivity contribution in [2.45, 2.75) is 0 Å². The van der Waals surface area contributed by atoms with E-state index in [-0.39, 0.29) is 5.56 Å². The van der Waals surface area contributed by atoms with E-state index < -0.39 is 27.1 Å². The first-order valence-corrected chi connectivity index (χ1v) is 6.69. The zero-order valence-electron chi connectivity index (χ0n) is 11.1. The molecule has 0 unspecified atom stereocenters. The van der Waals surface area contributed by atoms with Crippen molar-refractivity contribution < 1.29 is 19.1 Å². The number of benzene rings is 1. The first-order chi connectivity index (χ1) is 10.9. The van der Waals surface area contributed by atoms with Crippen molar-refractivity contribution in [2.75, 3.05) is 0 Å². The molecular formula is C12H7BrN4O6. The zero-order valence-corrected chi connectivity index (χ0v) is 12.7. The quantitative estimate of drug-likeness (QED) is 0.478. The molecule has 0 saturated carbocycles. The average molecular weight is 383 g/mol. The Morgan fingerprint density at radius 2 is 1.78 bits per heavy atom. The van der Waals surface area contributed by atoms with Crippen molar-refractivity contribution in [3.05, 3.63) is 66.6 Å². The molecule has 0 fully saturated rings. The van der Waals surface area contributed by atoms with E-state index in [1.54, 1.807) is 12.1 Å². The molecule has 0 spiro atoms. The molecule has 0 radical (unpaired) electrons.